The molecule has 4 heteroatoms. The molecule has 1 aliphatic heterocycles. The van der Waals surface area contributed by atoms with Gasteiger partial charge in [-0.15, -0.1) is 0 Å². The van der Waals surface area contributed by atoms with E-state index in [0.29, 0.717) is 18.9 Å². The van der Waals surface area contributed by atoms with Crippen molar-refractivity contribution in [3.8, 4) is 0 Å². The lowest BCUT2D eigenvalue weighted by atomic mass is 9.91. The molecule has 1 N–H and O–H groups in total. The molecule has 88 valence electrons. The summed E-state index contributed by atoms with van der Waals surface area (Å²) in [6.45, 7) is 1.59. The summed E-state index contributed by atoms with van der Waals surface area (Å²) in [6, 6.07) is 0.659. The van der Waals surface area contributed by atoms with Crippen molar-refractivity contribution in [3.05, 3.63) is 0 Å². The Kier molecular flexibility index (Phi) is 3.57. The van der Waals surface area contributed by atoms with Crippen molar-refractivity contribution in [1.29, 1.82) is 0 Å². The van der Waals surface area contributed by atoms with E-state index in [4.69, 9.17) is 4.74 Å². The standard InChI is InChI=1S/C11H19F2NO/c12-11(13)5-3-9(4-6-11)14-10-2-1-7-15-8-10/h9-10,14H,1-8H2/t10-/m0/s1. The first kappa shape index (κ1) is 11.3. The summed E-state index contributed by atoms with van der Waals surface area (Å²) in [5.41, 5.74) is 0. The van der Waals surface area contributed by atoms with E-state index in [-0.39, 0.29) is 18.9 Å². The highest BCUT2D eigenvalue weighted by atomic mass is 19.3. The smallest absolute Gasteiger partial charge is 0.248 e. The maximum atomic E-state index is 12.9. The van der Waals surface area contributed by atoms with Gasteiger partial charge in [0.2, 0.25) is 5.92 Å². The van der Waals surface area contributed by atoms with Crippen molar-refractivity contribution < 1.29 is 13.5 Å². The molecule has 0 bridgehead atoms. The van der Waals surface area contributed by atoms with Crippen molar-refractivity contribution in [1.82, 2.24) is 5.32 Å². The quantitative estimate of drug-likeness (QED) is 0.769. The molecule has 1 saturated carbocycles. The van der Waals surface area contributed by atoms with Crippen LogP contribution in [0.3, 0.4) is 0 Å². The Morgan fingerprint density at radius 2 is 1.80 bits per heavy atom. The van der Waals surface area contributed by atoms with Crippen LogP contribution in [0.25, 0.3) is 0 Å². The van der Waals surface area contributed by atoms with Crippen LogP contribution in [0.2, 0.25) is 0 Å². The van der Waals surface area contributed by atoms with Crippen LogP contribution in [-0.4, -0.2) is 31.2 Å². The van der Waals surface area contributed by atoms with Crippen LogP contribution in [0.1, 0.15) is 38.5 Å². The summed E-state index contributed by atoms with van der Waals surface area (Å²) in [5.74, 6) is -2.42. The Bertz CT molecular complexity index is 195. The summed E-state index contributed by atoms with van der Waals surface area (Å²) in [7, 11) is 0. The van der Waals surface area contributed by atoms with Crippen molar-refractivity contribution in [3.63, 3.8) is 0 Å². The van der Waals surface area contributed by atoms with Gasteiger partial charge in [0.05, 0.1) is 6.61 Å². The third kappa shape index (κ3) is 3.38. The number of rotatable bonds is 2. The minimum atomic E-state index is -2.42. The van der Waals surface area contributed by atoms with Crippen molar-refractivity contribution >= 4 is 0 Å². The first-order valence-corrected chi connectivity index (χ1v) is 5.87. The highest BCUT2D eigenvalue weighted by Gasteiger charge is 2.35. The van der Waals surface area contributed by atoms with Crippen molar-refractivity contribution in [2.24, 2.45) is 0 Å². The average Bonchev–Trinajstić information content (AvgIpc) is 2.23. The minimum absolute atomic E-state index is 0.0399. The SMILES string of the molecule is FC1(F)CCC(N[C@H]2CCCOC2)CC1. The second-order valence-corrected chi connectivity index (χ2v) is 4.71. The molecular formula is C11H19F2NO. The summed E-state index contributed by atoms with van der Waals surface area (Å²) >= 11 is 0. The van der Waals surface area contributed by atoms with E-state index in [1.807, 2.05) is 0 Å². The van der Waals surface area contributed by atoms with Gasteiger partial charge in [0, 0.05) is 31.5 Å². The van der Waals surface area contributed by atoms with Crippen LogP contribution >= 0.6 is 0 Å². The Morgan fingerprint density at radius 3 is 2.40 bits per heavy atom. The molecule has 1 aliphatic carbocycles. The molecule has 15 heavy (non-hydrogen) atoms. The lowest BCUT2D eigenvalue weighted by Crippen LogP contribution is -2.45. The summed E-state index contributed by atoms with van der Waals surface area (Å²) in [5, 5.41) is 3.44. The van der Waals surface area contributed by atoms with Crippen LogP contribution in [0.5, 0.6) is 0 Å². The van der Waals surface area contributed by atoms with Gasteiger partial charge >= 0.3 is 0 Å². The van der Waals surface area contributed by atoms with Gasteiger partial charge in [0.1, 0.15) is 0 Å². The van der Waals surface area contributed by atoms with Crippen LogP contribution < -0.4 is 5.32 Å². The summed E-state index contributed by atoms with van der Waals surface area (Å²) in [4.78, 5) is 0. The van der Waals surface area contributed by atoms with Gasteiger partial charge < -0.3 is 10.1 Å². The fourth-order valence-corrected chi connectivity index (χ4v) is 2.41. The van der Waals surface area contributed by atoms with Gasteiger partial charge in [0.25, 0.3) is 0 Å². The monoisotopic (exact) mass is 219 g/mol. The van der Waals surface area contributed by atoms with Gasteiger partial charge in [-0.2, -0.15) is 0 Å². The lowest BCUT2D eigenvalue weighted by Gasteiger charge is -2.33. The zero-order chi connectivity index (χ0) is 10.7. The van der Waals surface area contributed by atoms with Crippen LogP contribution in [0.4, 0.5) is 8.78 Å². The Hall–Kier alpha value is -0.220. The topological polar surface area (TPSA) is 21.3 Å². The van der Waals surface area contributed by atoms with Gasteiger partial charge in [-0.05, 0) is 25.7 Å². The molecule has 1 heterocycles. The molecule has 0 unspecified atom stereocenters. The number of halogens is 2. The van der Waals surface area contributed by atoms with Crippen LogP contribution in [0.15, 0.2) is 0 Å². The maximum Gasteiger partial charge on any atom is 0.248 e. The highest BCUT2D eigenvalue weighted by Crippen LogP contribution is 2.33. The molecule has 2 rings (SSSR count). The third-order valence-corrected chi connectivity index (χ3v) is 3.35. The molecule has 2 fully saturated rings. The predicted molar refractivity (Wildman–Crippen MR) is 54.2 cm³/mol. The molecule has 0 spiro atoms. The molecular weight excluding hydrogens is 200 g/mol. The van der Waals surface area contributed by atoms with E-state index in [1.54, 1.807) is 0 Å². The molecule has 2 aliphatic rings. The highest BCUT2D eigenvalue weighted by molar-refractivity contribution is 4.84. The largest absolute Gasteiger partial charge is 0.380 e. The second-order valence-electron chi connectivity index (χ2n) is 4.71. The Labute approximate surface area is 89.4 Å². The number of ether oxygens (including phenoxy) is 1. The number of hydrogen-bond donors (Lipinski definition) is 1. The first-order valence-electron chi connectivity index (χ1n) is 5.87. The zero-order valence-corrected chi connectivity index (χ0v) is 8.98. The maximum absolute atomic E-state index is 12.9. The Balaban J connectivity index is 1.71. The van der Waals surface area contributed by atoms with Crippen LogP contribution in [-0.2, 0) is 4.74 Å². The van der Waals surface area contributed by atoms with Gasteiger partial charge in [-0.1, -0.05) is 0 Å². The fourth-order valence-electron chi connectivity index (χ4n) is 2.41. The van der Waals surface area contributed by atoms with Crippen molar-refractivity contribution in [2.75, 3.05) is 13.2 Å². The minimum Gasteiger partial charge on any atom is -0.380 e. The molecule has 0 aromatic rings. The van der Waals surface area contributed by atoms with Gasteiger partial charge in [-0.3, -0.25) is 0 Å². The Morgan fingerprint density at radius 1 is 1.07 bits per heavy atom. The normalized spacial score (nSPS) is 32.8. The molecule has 0 amide bonds. The third-order valence-electron chi connectivity index (χ3n) is 3.35. The number of hydrogen-bond acceptors (Lipinski definition) is 2. The van der Waals surface area contributed by atoms with E-state index in [1.165, 1.54) is 0 Å². The lowest BCUT2D eigenvalue weighted by molar-refractivity contribution is -0.0431. The number of alkyl halides is 2. The van der Waals surface area contributed by atoms with E-state index < -0.39 is 5.92 Å². The second kappa shape index (κ2) is 4.74. The number of nitrogens with one attached hydrogen (secondary N) is 1. The van der Waals surface area contributed by atoms with Crippen molar-refractivity contribution in [2.45, 2.75) is 56.5 Å². The molecule has 1 atom stereocenters. The molecule has 1 saturated heterocycles. The van der Waals surface area contributed by atoms with Gasteiger partial charge in [0.15, 0.2) is 0 Å². The first-order chi connectivity index (χ1) is 7.16. The molecule has 2 nitrogen and oxygen atoms in total. The molecule has 0 aromatic heterocycles. The summed E-state index contributed by atoms with van der Waals surface area (Å²) in [6.07, 6.45) is 3.48. The van der Waals surface area contributed by atoms with E-state index in [2.05, 4.69) is 5.32 Å². The zero-order valence-electron chi connectivity index (χ0n) is 8.98. The van der Waals surface area contributed by atoms with Crippen LogP contribution in [0, 0.1) is 0 Å². The average molecular weight is 219 g/mol. The van der Waals surface area contributed by atoms with E-state index in [0.717, 1.165) is 26.1 Å². The van der Waals surface area contributed by atoms with E-state index in [9.17, 15) is 8.78 Å². The fraction of sp³-hybridized carbons (Fsp3) is 1.00. The predicted octanol–water partition coefficient (Wildman–Crippen LogP) is 2.33. The van der Waals surface area contributed by atoms with Gasteiger partial charge in [-0.25, -0.2) is 8.78 Å². The van der Waals surface area contributed by atoms with E-state index >= 15 is 0 Å². The summed E-state index contributed by atoms with van der Waals surface area (Å²) < 4.78 is 31.2. The molecule has 0 aromatic carbocycles. The molecule has 0 radical (unpaired) electrons.